The van der Waals surface area contributed by atoms with E-state index in [0.717, 1.165) is 0 Å². The van der Waals surface area contributed by atoms with Gasteiger partial charge in [0.25, 0.3) is 0 Å². The van der Waals surface area contributed by atoms with E-state index in [1.165, 1.54) is 22.3 Å². The molecule has 0 unspecified atom stereocenters. The van der Waals surface area contributed by atoms with Crippen LogP contribution in [0.2, 0.25) is 0 Å². The zero-order valence-corrected chi connectivity index (χ0v) is 14.9. The SMILES string of the molecule is O=C(N[C@H]1CC[C@@]2(C(=O)O)C[C@@H]12)OCC1c2ccccc2-c2ccccc21. The number of hydrogen-bond acceptors (Lipinski definition) is 3. The van der Waals surface area contributed by atoms with Gasteiger partial charge in [0.15, 0.2) is 0 Å². The summed E-state index contributed by atoms with van der Waals surface area (Å²) >= 11 is 0. The Bertz CT molecular complexity index is 894. The van der Waals surface area contributed by atoms with Crippen LogP contribution in [0.15, 0.2) is 48.5 Å². The van der Waals surface area contributed by atoms with Gasteiger partial charge in [-0.1, -0.05) is 48.5 Å². The first-order chi connectivity index (χ1) is 13.1. The molecule has 0 radical (unpaired) electrons. The fourth-order valence-corrected chi connectivity index (χ4v) is 5.08. The van der Waals surface area contributed by atoms with E-state index in [9.17, 15) is 14.7 Å². The number of amides is 1. The second-order valence-electron chi connectivity index (χ2n) is 7.89. The number of benzene rings is 2. The van der Waals surface area contributed by atoms with Crippen molar-refractivity contribution in [1.29, 1.82) is 0 Å². The van der Waals surface area contributed by atoms with Crippen LogP contribution in [0.3, 0.4) is 0 Å². The number of carbonyl (C=O) groups excluding carboxylic acids is 1. The molecule has 1 amide bonds. The third-order valence-corrected chi connectivity index (χ3v) is 6.59. The van der Waals surface area contributed by atoms with Gasteiger partial charge in [0, 0.05) is 12.0 Å². The summed E-state index contributed by atoms with van der Waals surface area (Å²) in [4.78, 5) is 23.7. The predicted molar refractivity (Wildman–Crippen MR) is 99.4 cm³/mol. The lowest BCUT2D eigenvalue weighted by Crippen LogP contribution is -2.36. The van der Waals surface area contributed by atoms with Gasteiger partial charge >= 0.3 is 12.1 Å². The standard InChI is InChI=1S/C22H21NO4/c24-20(25)22-10-9-19(18(22)11-22)23-21(26)27-12-17-15-7-3-1-5-13(15)14-6-2-4-8-16(14)17/h1-8,17-19H,9-12H2,(H,23,26)(H,24,25)/t18-,19-,22+/m0/s1. The van der Waals surface area contributed by atoms with Crippen molar-refractivity contribution in [3.63, 3.8) is 0 Å². The molecule has 3 atom stereocenters. The van der Waals surface area contributed by atoms with E-state index >= 15 is 0 Å². The van der Waals surface area contributed by atoms with E-state index in [-0.39, 0.29) is 24.5 Å². The van der Waals surface area contributed by atoms with Gasteiger partial charge in [-0.25, -0.2) is 4.79 Å². The molecule has 0 spiro atoms. The first-order valence-corrected chi connectivity index (χ1v) is 9.45. The number of carboxylic acids is 1. The maximum Gasteiger partial charge on any atom is 0.407 e. The molecule has 5 heteroatoms. The van der Waals surface area contributed by atoms with Gasteiger partial charge in [-0.15, -0.1) is 0 Å². The van der Waals surface area contributed by atoms with E-state index in [4.69, 9.17) is 4.74 Å². The van der Waals surface area contributed by atoms with Crippen molar-refractivity contribution in [3.05, 3.63) is 59.7 Å². The van der Waals surface area contributed by atoms with E-state index in [1.807, 2.05) is 24.3 Å². The monoisotopic (exact) mass is 363 g/mol. The molecule has 0 aliphatic heterocycles. The van der Waals surface area contributed by atoms with Crippen LogP contribution in [0.25, 0.3) is 11.1 Å². The number of carboxylic acid groups (broad SMARTS) is 1. The minimum atomic E-state index is -0.732. The van der Waals surface area contributed by atoms with Gasteiger partial charge in [0.2, 0.25) is 0 Å². The van der Waals surface area contributed by atoms with Crippen LogP contribution in [0.1, 0.15) is 36.3 Å². The molecule has 5 rings (SSSR count). The maximum atomic E-state index is 12.3. The Morgan fingerprint density at radius 2 is 1.70 bits per heavy atom. The lowest BCUT2D eigenvalue weighted by Gasteiger charge is -2.17. The zero-order valence-electron chi connectivity index (χ0n) is 14.9. The number of fused-ring (bicyclic) bond motifs is 4. The molecule has 2 N–H and O–H groups in total. The van der Waals surface area contributed by atoms with Crippen molar-refractivity contribution in [2.75, 3.05) is 6.61 Å². The van der Waals surface area contributed by atoms with Crippen molar-refractivity contribution in [2.24, 2.45) is 11.3 Å². The molecule has 0 aromatic heterocycles. The third-order valence-electron chi connectivity index (χ3n) is 6.59. The van der Waals surface area contributed by atoms with Crippen molar-refractivity contribution in [1.82, 2.24) is 5.32 Å². The molecule has 2 aromatic rings. The molecule has 5 nitrogen and oxygen atoms in total. The maximum absolute atomic E-state index is 12.3. The summed E-state index contributed by atoms with van der Waals surface area (Å²) < 4.78 is 5.56. The fourth-order valence-electron chi connectivity index (χ4n) is 5.08. The Balaban J connectivity index is 1.26. The van der Waals surface area contributed by atoms with Crippen LogP contribution in [0.4, 0.5) is 4.79 Å². The fraction of sp³-hybridized carbons (Fsp3) is 0.364. The lowest BCUT2D eigenvalue weighted by molar-refractivity contribution is -0.143. The number of aliphatic carboxylic acids is 1. The van der Waals surface area contributed by atoms with E-state index in [1.54, 1.807) is 0 Å². The third kappa shape index (κ3) is 2.45. The Morgan fingerprint density at radius 3 is 2.26 bits per heavy atom. The highest BCUT2D eigenvalue weighted by Gasteiger charge is 2.67. The van der Waals surface area contributed by atoms with Crippen molar-refractivity contribution in [3.8, 4) is 11.1 Å². The summed E-state index contributed by atoms with van der Waals surface area (Å²) in [5, 5.41) is 12.3. The summed E-state index contributed by atoms with van der Waals surface area (Å²) in [5.41, 5.74) is 4.16. The lowest BCUT2D eigenvalue weighted by atomic mass is 9.98. The summed E-state index contributed by atoms with van der Waals surface area (Å²) in [6.07, 6.45) is 1.56. The molecule has 2 saturated carbocycles. The van der Waals surface area contributed by atoms with Crippen LogP contribution in [0, 0.1) is 11.3 Å². The minimum Gasteiger partial charge on any atom is -0.481 e. The normalized spacial score (nSPS) is 27.4. The molecule has 2 fully saturated rings. The predicted octanol–water partition coefficient (Wildman–Crippen LogP) is 3.78. The Hall–Kier alpha value is -2.82. The van der Waals surface area contributed by atoms with Crippen LogP contribution < -0.4 is 5.32 Å². The van der Waals surface area contributed by atoms with Crippen molar-refractivity contribution in [2.45, 2.75) is 31.2 Å². The summed E-state index contributed by atoms with van der Waals surface area (Å²) in [6, 6.07) is 16.4. The van der Waals surface area contributed by atoms with Gasteiger partial charge in [0.05, 0.1) is 5.41 Å². The van der Waals surface area contributed by atoms with Crippen molar-refractivity contribution >= 4 is 12.1 Å². The molecule has 27 heavy (non-hydrogen) atoms. The number of rotatable bonds is 4. The first-order valence-electron chi connectivity index (χ1n) is 9.45. The van der Waals surface area contributed by atoms with Gasteiger partial charge in [-0.05, 0) is 47.4 Å². The Labute approximate surface area is 157 Å². The molecule has 3 aliphatic rings. The molecular formula is C22H21NO4. The largest absolute Gasteiger partial charge is 0.481 e. The van der Waals surface area contributed by atoms with E-state index < -0.39 is 17.5 Å². The Morgan fingerprint density at radius 1 is 1.07 bits per heavy atom. The number of carbonyl (C=O) groups is 2. The minimum absolute atomic E-state index is 0.0331. The van der Waals surface area contributed by atoms with E-state index in [0.29, 0.717) is 19.3 Å². The average Bonchev–Trinajstić information content (AvgIpc) is 3.21. The topological polar surface area (TPSA) is 75.6 Å². The molecule has 138 valence electrons. The van der Waals surface area contributed by atoms with Crippen LogP contribution >= 0.6 is 0 Å². The highest BCUT2D eigenvalue weighted by Crippen LogP contribution is 2.63. The number of alkyl carbamates (subject to hydrolysis) is 1. The first kappa shape index (κ1) is 16.4. The van der Waals surface area contributed by atoms with Gasteiger partial charge in [-0.3, -0.25) is 4.79 Å². The Kier molecular flexibility index (Phi) is 3.54. The second-order valence-corrected chi connectivity index (χ2v) is 7.89. The average molecular weight is 363 g/mol. The van der Waals surface area contributed by atoms with Crippen LogP contribution in [-0.2, 0) is 9.53 Å². The molecule has 0 bridgehead atoms. The summed E-state index contributed by atoms with van der Waals surface area (Å²) in [7, 11) is 0. The van der Waals surface area contributed by atoms with Gasteiger partial charge in [-0.2, -0.15) is 0 Å². The quantitative estimate of drug-likeness (QED) is 0.867. The molecule has 3 aliphatic carbocycles. The summed E-state index contributed by atoms with van der Waals surface area (Å²) in [5.74, 6) is -0.648. The highest BCUT2D eigenvalue weighted by molar-refractivity contribution is 5.80. The van der Waals surface area contributed by atoms with Gasteiger partial charge < -0.3 is 15.2 Å². The molecule has 0 heterocycles. The molecule has 2 aromatic carbocycles. The highest BCUT2D eigenvalue weighted by atomic mass is 16.5. The van der Waals surface area contributed by atoms with Gasteiger partial charge in [0.1, 0.15) is 6.61 Å². The number of hydrogen-bond donors (Lipinski definition) is 2. The van der Waals surface area contributed by atoms with Crippen molar-refractivity contribution < 1.29 is 19.4 Å². The number of ether oxygens (including phenoxy) is 1. The number of nitrogens with one attached hydrogen (secondary N) is 1. The smallest absolute Gasteiger partial charge is 0.407 e. The van der Waals surface area contributed by atoms with E-state index in [2.05, 4.69) is 29.6 Å². The second kappa shape index (κ2) is 5.84. The van der Waals surface area contributed by atoms with Crippen LogP contribution in [-0.4, -0.2) is 29.8 Å². The zero-order chi connectivity index (χ0) is 18.6. The molecule has 0 saturated heterocycles. The van der Waals surface area contributed by atoms with Crippen LogP contribution in [0.5, 0.6) is 0 Å². The summed E-state index contributed by atoms with van der Waals surface area (Å²) in [6.45, 7) is 0.279. The molecular weight excluding hydrogens is 342 g/mol.